The number of rotatable bonds is 10. The van der Waals surface area contributed by atoms with Gasteiger partial charge in [0.2, 0.25) is 6.29 Å². The smallest absolute Gasteiger partial charge is 0.338 e. The van der Waals surface area contributed by atoms with Crippen molar-refractivity contribution in [3.8, 4) is 28.7 Å². The van der Waals surface area contributed by atoms with Crippen LogP contribution in [0.3, 0.4) is 0 Å². The fraction of sp³-hybridized carbons (Fsp3) is 0.500. The molecule has 2 heterocycles. The van der Waals surface area contributed by atoms with Crippen LogP contribution in [0.15, 0.2) is 36.4 Å². The van der Waals surface area contributed by atoms with Gasteiger partial charge in [0.15, 0.2) is 41.0 Å². The van der Waals surface area contributed by atoms with Crippen molar-refractivity contribution in [1.29, 1.82) is 0 Å². The summed E-state index contributed by atoms with van der Waals surface area (Å²) in [5, 5.41) is 72.0. The van der Waals surface area contributed by atoms with E-state index in [1.165, 1.54) is 50.6 Å². The second-order valence-electron chi connectivity index (χ2n) is 9.45. The van der Waals surface area contributed by atoms with E-state index in [9.17, 15) is 40.5 Å². The molecular formula is C26H32O15. The minimum atomic E-state index is -2.13. The highest BCUT2D eigenvalue weighted by molar-refractivity contribution is 5.90. The maximum absolute atomic E-state index is 12.5. The van der Waals surface area contributed by atoms with Gasteiger partial charge >= 0.3 is 5.97 Å². The summed E-state index contributed by atoms with van der Waals surface area (Å²) in [7, 11) is 2.62. The molecule has 0 radical (unpaired) electrons. The Kier molecular flexibility index (Phi) is 9.41. The van der Waals surface area contributed by atoms with Crippen LogP contribution < -0.4 is 14.2 Å². The van der Waals surface area contributed by atoms with Crippen molar-refractivity contribution in [1.82, 2.24) is 0 Å². The summed E-state index contributed by atoms with van der Waals surface area (Å²) < 4.78 is 37.8. The molecule has 0 unspecified atom stereocenters. The van der Waals surface area contributed by atoms with Crippen molar-refractivity contribution >= 4 is 5.97 Å². The number of aromatic hydroxyl groups is 2. The molecule has 0 saturated carbocycles. The van der Waals surface area contributed by atoms with E-state index in [1.54, 1.807) is 0 Å². The van der Waals surface area contributed by atoms with Gasteiger partial charge in [0.05, 0.1) is 33.0 Å². The van der Waals surface area contributed by atoms with E-state index >= 15 is 0 Å². The molecule has 0 aliphatic carbocycles. The van der Waals surface area contributed by atoms with E-state index in [0.717, 1.165) is 0 Å². The first kappa shape index (κ1) is 30.5. The Labute approximate surface area is 233 Å². The van der Waals surface area contributed by atoms with Crippen LogP contribution in [0.1, 0.15) is 10.4 Å². The number of phenols is 2. The molecule has 0 amide bonds. The van der Waals surface area contributed by atoms with Crippen LogP contribution in [0.5, 0.6) is 28.7 Å². The average Bonchev–Trinajstić information content (AvgIpc) is 3.25. The summed E-state index contributed by atoms with van der Waals surface area (Å²) in [5.74, 6) is -1.05. The Morgan fingerprint density at radius 1 is 0.976 bits per heavy atom. The number of carbonyl (C=O) groups excluding carboxylic acids is 1. The number of carbonyl (C=O) groups is 1. The van der Waals surface area contributed by atoms with Gasteiger partial charge in [-0.25, -0.2) is 4.79 Å². The lowest BCUT2D eigenvalue weighted by Crippen LogP contribution is -2.62. The van der Waals surface area contributed by atoms with Crippen LogP contribution in [0.25, 0.3) is 0 Å². The maximum atomic E-state index is 12.5. The molecule has 2 aliphatic rings. The monoisotopic (exact) mass is 584 g/mol. The summed E-state index contributed by atoms with van der Waals surface area (Å²) >= 11 is 0. The molecule has 2 aromatic carbocycles. The first-order valence-corrected chi connectivity index (χ1v) is 12.4. The second kappa shape index (κ2) is 12.6. The van der Waals surface area contributed by atoms with E-state index in [1.807, 2.05) is 0 Å². The largest absolute Gasteiger partial charge is 0.508 e. The van der Waals surface area contributed by atoms with E-state index in [-0.39, 0.29) is 34.3 Å². The molecule has 0 aromatic heterocycles. The molecule has 2 saturated heterocycles. The molecule has 2 aliphatic heterocycles. The standard InChI is InChI=1S/C26H32O15/c1-35-16-7-12(3-5-14(16)29)23(33)37-10-26(34)11-38-25(22(26)32)41-21-20(31)19(30)18(9-27)40-24(21)39-15-6-4-13(28)8-17(15)36-2/h3-8,18-22,24-25,27-32,34H,9-11H2,1-2H3/t18-,19-,20+,21-,22+,24-,25+,26+/m1/s1. The van der Waals surface area contributed by atoms with Gasteiger partial charge in [0.25, 0.3) is 0 Å². The lowest BCUT2D eigenvalue weighted by Gasteiger charge is -2.42. The van der Waals surface area contributed by atoms with Gasteiger partial charge in [-0.15, -0.1) is 0 Å². The van der Waals surface area contributed by atoms with Gasteiger partial charge < -0.3 is 68.9 Å². The van der Waals surface area contributed by atoms with Gasteiger partial charge in [0, 0.05) is 6.07 Å². The Bertz CT molecular complexity index is 1210. The minimum absolute atomic E-state index is 0.00371. The zero-order valence-corrected chi connectivity index (χ0v) is 22.0. The quantitative estimate of drug-likeness (QED) is 0.160. The van der Waals surface area contributed by atoms with Crippen LogP contribution in [0, 0.1) is 0 Å². The number of hydrogen-bond donors (Lipinski definition) is 7. The Hall–Kier alpha value is -3.41. The van der Waals surface area contributed by atoms with Gasteiger partial charge in [-0.05, 0) is 30.3 Å². The van der Waals surface area contributed by atoms with Crippen LogP contribution in [-0.2, 0) is 18.9 Å². The third-order valence-corrected chi connectivity index (χ3v) is 6.68. The Morgan fingerprint density at radius 2 is 1.71 bits per heavy atom. The first-order chi connectivity index (χ1) is 19.5. The van der Waals surface area contributed by atoms with E-state index in [4.69, 9.17) is 33.2 Å². The lowest BCUT2D eigenvalue weighted by atomic mass is 9.98. The molecule has 41 heavy (non-hydrogen) atoms. The molecular weight excluding hydrogens is 552 g/mol. The van der Waals surface area contributed by atoms with E-state index in [0.29, 0.717) is 0 Å². The molecule has 2 fully saturated rings. The van der Waals surface area contributed by atoms with Crippen molar-refractivity contribution in [3.05, 3.63) is 42.0 Å². The minimum Gasteiger partial charge on any atom is -0.508 e. The third kappa shape index (κ3) is 6.42. The van der Waals surface area contributed by atoms with Crippen LogP contribution >= 0.6 is 0 Å². The normalized spacial score (nSPS) is 31.4. The highest BCUT2D eigenvalue weighted by Gasteiger charge is 2.54. The number of phenolic OH excluding ortho intramolecular Hbond substituents is 2. The number of aliphatic hydroxyl groups is 5. The SMILES string of the molecule is COc1cc(C(=O)OC[C@]2(O)CO[C@@H](O[C@H]3[C@H](Oc4ccc(O)cc4OC)O[C@H](CO)[C@@H](O)[C@@H]3O)[C@@H]2O)ccc1O. The van der Waals surface area contributed by atoms with Crippen molar-refractivity contribution in [2.45, 2.75) is 48.7 Å². The molecule has 2 aromatic rings. The highest BCUT2D eigenvalue weighted by Crippen LogP contribution is 2.36. The molecule has 4 rings (SSSR count). The topological polar surface area (TPSA) is 223 Å². The number of esters is 1. The molecule has 15 heteroatoms. The first-order valence-electron chi connectivity index (χ1n) is 12.4. The van der Waals surface area contributed by atoms with Crippen LogP contribution in [0.2, 0.25) is 0 Å². The van der Waals surface area contributed by atoms with Gasteiger partial charge in [-0.1, -0.05) is 0 Å². The summed E-state index contributed by atoms with van der Waals surface area (Å²) in [4.78, 5) is 12.5. The molecule has 8 atom stereocenters. The summed E-state index contributed by atoms with van der Waals surface area (Å²) in [6.07, 6.45) is -11.1. The predicted octanol–water partition coefficient (Wildman–Crippen LogP) is -1.38. The third-order valence-electron chi connectivity index (χ3n) is 6.68. The van der Waals surface area contributed by atoms with Gasteiger partial charge in [0.1, 0.15) is 36.8 Å². The van der Waals surface area contributed by atoms with Crippen LogP contribution in [0.4, 0.5) is 0 Å². The number of methoxy groups -OCH3 is 2. The van der Waals surface area contributed by atoms with Gasteiger partial charge in [-0.2, -0.15) is 0 Å². The second-order valence-corrected chi connectivity index (χ2v) is 9.45. The zero-order chi connectivity index (χ0) is 29.9. The number of benzene rings is 2. The van der Waals surface area contributed by atoms with E-state index < -0.39 is 74.5 Å². The summed E-state index contributed by atoms with van der Waals surface area (Å²) in [5.41, 5.74) is -2.13. The molecule has 7 N–H and O–H groups in total. The van der Waals surface area contributed by atoms with E-state index in [2.05, 4.69) is 0 Å². The number of hydrogen-bond acceptors (Lipinski definition) is 15. The molecule has 15 nitrogen and oxygen atoms in total. The Morgan fingerprint density at radius 3 is 2.39 bits per heavy atom. The van der Waals surface area contributed by atoms with Crippen molar-refractivity contribution in [2.75, 3.05) is 34.0 Å². The molecule has 226 valence electrons. The average molecular weight is 585 g/mol. The maximum Gasteiger partial charge on any atom is 0.338 e. The van der Waals surface area contributed by atoms with Crippen LogP contribution in [-0.4, -0.2) is 124 Å². The number of ether oxygens (including phenoxy) is 7. The lowest BCUT2D eigenvalue weighted by molar-refractivity contribution is -0.319. The molecule has 0 spiro atoms. The zero-order valence-electron chi connectivity index (χ0n) is 22.0. The highest BCUT2D eigenvalue weighted by atomic mass is 16.8. The Balaban J connectivity index is 1.46. The summed E-state index contributed by atoms with van der Waals surface area (Å²) in [6.45, 7) is -1.95. The number of aliphatic hydroxyl groups excluding tert-OH is 4. The fourth-order valence-electron chi connectivity index (χ4n) is 4.31. The predicted molar refractivity (Wildman–Crippen MR) is 134 cm³/mol. The molecule has 0 bridgehead atoms. The van der Waals surface area contributed by atoms with Gasteiger partial charge in [-0.3, -0.25) is 0 Å². The van der Waals surface area contributed by atoms with Crippen molar-refractivity contribution in [3.63, 3.8) is 0 Å². The fourth-order valence-corrected chi connectivity index (χ4v) is 4.31. The van der Waals surface area contributed by atoms with Crippen molar-refractivity contribution < 1.29 is 73.7 Å². The van der Waals surface area contributed by atoms with Crippen molar-refractivity contribution in [2.24, 2.45) is 0 Å². The summed E-state index contributed by atoms with van der Waals surface area (Å²) in [6, 6.07) is 7.62.